The van der Waals surface area contributed by atoms with Gasteiger partial charge in [0.2, 0.25) is 0 Å². The number of carbonyl (C=O) groups is 1. The number of halogens is 2. The predicted octanol–water partition coefficient (Wildman–Crippen LogP) is 2.95. The van der Waals surface area contributed by atoms with Gasteiger partial charge in [-0.2, -0.15) is 0 Å². The highest BCUT2D eigenvalue weighted by atomic mass is 19.1. The van der Waals surface area contributed by atoms with Gasteiger partial charge in [-0.15, -0.1) is 0 Å². The van der Waals surface area contributed by atoms with Crippen LogP contribution in [0.1, 0.15) is 43.5 Å². The first-order chi connectivity index (χ1) is 8.93. The highest BCUT2D eigenvalue weighted by Gasteiger charge is 2.33. The first-order valence-corrected chi connectivity index (χ1v) is 6.49. The predicted molar refractivity (Wildman–Crippen MR) is 69.7 cm³/mol. The van der Waals surface area contributed by atoms with Crippen molar-refractivity contribution in [2.45, 2.75) is 45.2 Å². The first kappa shape index (κ1) is 13.8. The number of amides is 1. The Hall–Kier alpha value is -1.65. The molecule has 2 atom stereocenters. The van der Waals surface area contributed by atoms with Crippen LogP contribution in [0.15, 0.2) is 12.1 Å². The molecule has 1 saturated heterocycles. The van der Waals surface area contributed by atoms with Gasteiger partial charge in [0.1, 0.15) is 11.4 Å². The fourth-order valence-corrected chi connectivity index (χ4v) is 2.72. The van der Waals surface area contributed by atoms with Crippen molar-refractivity contribution in [1.29, 1.82) is 0 Å². The summed E-state index contributed by atoms with van der Waals surface area (Å²) in [5, 5.41) is 0. The summed E-state index contributed by atoms with van der Waals surface area (Å²) >= 11 is 0. The van der Waals surface area contributed by atoms with Crippen molar-refractivity contribution in [3.8, 4) is 0 Å². The number of hydrogen-bond donors (Lipinski definition) is 1. The van der Waals surface area contributed by atoms with Gasteiger partial charge < -0.3 is 10.6 Å². The van der Waals surface area contributed by atoms with Crippen molar-refractivity contribution < 1.29 is 13.6 Å². The summed E-state index contributed by atoms with van der Waals surface area (Å²) < 4.78 is 27.7. The van der Waals surface area contributed by atoms with Crippen LogP contribution in [0.4, 0.5) is 14.5 Å². The van der Waals surface area contributed by atoms with Crippen LogP contribution in [-0.4, -0.2) is 22.9 Å². The molecular weight excluding hydrogens is 250 g/mol. The van der Waals surface area contributed by atoms with Crippen molar-refractivity contribution in [1.82, 2.24) is 4.90 Å². The Kier molecular flexibility index (Phi) is 3.73. The minimum absolute atomic E-state index is 0.0171. The molecule has 0 unspecified atom stereocenters. The third-order valence-corrected chi connectivity index (χ3v) is 3.76. The van der Waals surface area contributed by atoms with Gasteiger partial charge in [-0.1, -0.05) is 0 Å². The van der Waals surface area contributed by atoms with Crippen molar-refractivity contribution in [2.75, 3.05) is 5.73 Å². The van der Waals surface area contributed by atoms with E-state index in [1.54, 1.807) is 4.90 Å². The fraction of sp³-hybridized carbons (Fsp3) is 0.500. The van der Waals surface area contributed by atoms with E-state index < -0.39 is 23.1 Å². The lowest BCUT2D eigenvalue weighted by molar-refractivity contribution is 0.0501. The zero-order valence-corrected chi connectivity index (χ0v) is 11.1. The summed E-state index contributed by atoms with van der Waals surface area (Å²) in [6.07, 6.45) is 2.72. The van der Waals surface area contributed by atoms with E-state index >= 15 is 0 Å². The molecule has 2 rings (SSSR count). The molecule has 0 aromatic heterocycles. The second kappa shape index (κ2) is 5.15. The molecule has 2 N–H and O–H groups in total. The molecule has 1 aliphatic rings. The number of nitrogen functional groups attached to an aromatic ring is 1. The van der Waals surface area contributed by atoms with E-state index in [9.17, 15) is 13.6 Å². The third-order valence-electron chi connectivity index (χ3n) is 3.76. The zero-order chi connectivity index (χ0) is 14.2. The van der Waals surface area contributed by atoms with Crippen molar-refractivity contribution in [2.24, 2.45) is 0 Å². The Morgan fingerprint density at radius 2 is 1.84 bits per heavy atom. The van der Waals surface area contributed by atoms with Gasteiger partial charge in [0.05, 0.1) is 5.69 Å². The van der Waals surface area contributed by atoms with Crippen LogP contribution in [0.5, 0.6) is 0 Å². The Balaban J connectivity index is 2.41. The normalized spacial score (nSPS) is 23.5. The maximum Gasteiger partial charge on any atom is 0.260 e. The van der Waals surface area contributed by atoms with Crippen LogP contribution in [-0.2, 0) is 0 Å². The van der Waals surface area contributed by atoms with Crippen LogP contribution in [0.2, 0.25) is 0 Å². The maximum absolute atomic E-state index is 13.9. The number of piperidine rings is 1. The molecule has 1 fully saturated rings. The van der Waals surface area contributed by atoms with Crippen molar-refractivity contribution in [3.63, 3.8) is 0 Å². The van der Waals surface area contributed by atoms with Crippen LogP contribution in [0.25, 0.3) is 0 Å². The summed E-state index contributed by atoms with van der Waals surface area (Å²) in [5.74, 6) is -2.43. The Labute approximate surface area is 111 Å². The van der Waals surface area contributed by atoms with E-state index in [1.165, 1.54) is 0 Å². The quantitative estimate of drug-likeness (QED) is 0.796. The van der Waals surface area contributed by atoms with Gasteiger partial charge in [0.25, 0.3) is 5.91 Å². The summed E-state index contributed by atoms with van der Waals surface area (Å²) in [6.45, 7) is 3.80. The molecule has 0 aliphatic carbocycles. The molecule has 3 nitrogen and oxygen atoms in total. The molecule has 1 aromatic carbocycles. The molecule has 1 aliphatic heterocycles. The van der Waals surface area contributed by atoms with Crippen LogP contribution >= 0.6 is 0 Å². The topological polar surface area (TPSA) is 46.3 Å². The SMILES string of the molecule is C[C@@H]1CCC[C@H](C)N1C(=O)c1c(F)ccc(N)c1F. The monoisotopic (exact) mass is 268 g/mol. The number of nitrogens with zero attached hydrogens (tertiary/aromatic N) is 1. The van der Waals surface area contributed by atoms with Gasteiger partial charge in [0.15, 0.2) is 5.82 Å². The number of benzene rings is 1. The molecule has 104 valence electrons. The first-order valence-electron chi connectivity index (χ1n) is 6.49. The minimum atomic E-state index is -0.963. The highest BCUT2D eigenvalue weighted by Crippen LogP contribution is 2.27. The highest BCUT2D eigenvalue weighted by molar-refractivity contribution is 5.96. The molecule has 0 saturated carbocycles. The maximum atomic E-state index is 13.9. The number of likely N-dealkylation sites (tertiary alicyclic amines) is 1. The summed E-state index contributed by atoms with van der Waals surface area (Å²) in [6, 6.07) is 2.13. The van der Waals surface area contributed by atoms with E-state index in [4.69, 9.17) is 5.73 Å². The lowest BCUT2D eigenvalue weighted by Gasteiger charge is -2.39. The van der Waals surface area contributed by atoms with E-state index in [0.29, 0.717) is 0 Å². The zero-order valence-electron chi connectivity index (χ0n) is 11.1. The molecule has 1 aromatic rings. The second-order valence-corrected chi connectivity index (χ2v) is 5.17. The number of hydrogen-bond acceptors (Lipinski definition) is 2. The lowest BCUT2D eigenvalue weighted by Crippen LogP contribution is -2.48. The molecule has 5 heteroatoms. The van der Waals surface area contributed by atoms with Crippen molar-refractivity contribution in [3.05, 3.63) is 29.3 Å². The molecule has 0 bridgehead atoms. The van der Waals surface area contributed by atoms with E-state index in [-0.39, 0.29) is 17.8 Å². The number of carbonyl (C=O) groups excluding carboxylic acids is 1. The fourth-order valence-electron chi connectivity index (χ4n) is 2.72. The summed E-state index contributed by atoms with van der Waals surface area (Å²) in [7, 11) is 0. The summed E-state index contributed by atoms with van der Waals surface area (Å²) in [4.78, 5) is 14.0. The standard InChI is InChI=1S/C14H18F2N2O/c1-8-4-3-5-9(2)18(8)14(19)12-10(15)6-7-11(17)13(12)16/h6-9H,3-5,17H2,1-2H3/t8-,9+. The van der Waals surface area contributed by atoms with Crippen LogP contribution in [0, 0.1) is 11.6 Å². The summed E-state index contributed by atoms with van der Waals surface area (Å²) in [5.41, 5.74) is 4.67. The molecule has 0 spiro atoms. The van der Waals surface area contributed by atoms with Gasteiger partial charge >= 0.3 is 0 Å². The Morgan fingerprint density at radius 3 is 2.42 bits per heavy atom. The Morgan fingerprint density at radius 1 is 1.26 bits per heavy atom. The van der Waals surface area contributed by atoms with Crippen molar-refractivity contribution >= 4 is 11.6 Å². The smallest absolute Gasteiger partial charge is 0.260 e. The second-order valence-electron chi connectivity index (χ2n) is 5.17. The average Bonchev–Trinajstić information content (AvgIpc) is 2.34. The molecule has 0 radical (unpaired) electrons. The third kappa shape index (κ3) is 2.41. The van der Waals surface area contributed by atoms with Gasteiger partial charge in [-0.3, -0.25) is 4.79 Å². The largest absolute Gasteiger partial charge is 0.396 e. The molecule has 1 heterocycles. The minimum Gasteiger partial charge on any atom is -0.396 e. The lowest BCUT2D eigenvalue weighted by atomic mass is 9.96. The number of rotatable bonds is 1. The van der Waals surface area contributed by atoms with Gasteiger partial charge in [-0.05, 0) is 45.2 Å². The van der Waals surface area contributed by atoms with E-state index in [0.717, 1.165) is 31.4 Å². The Bertz CT molecular complexity index is 494. The molecular formula is C14H18F2N2O. The molecule has 19 heavy (non-hydrogen) atoms. The van der Waals surface area contributed by atoms with Gasteiger partial charge in [-0.25, -0.2) is 8.78 Å². The average molecular weight is 268 g/mol. The van der Waals surface area contributed by atoms with E-state index in [1.807, 2.05) is 13.8 Å². The number of anilines is 1. The van der Waals surface area contributed by atoms with Gasteiger partial charge in [0, 0.05) is 12.1 Å². The number of nitrogens with two attached hydrogens (primary N) is 1. The van der Waals surface area contributed by atoms with E-state index in [2.05, 4.69) is 0 Å². The molecule has 1 amide bonds. The van der Waals surface area contributed by atoms with Crippen LogP contribution < -0.4 is 5.73 Å². The van der Waals surface area contributed by atoms with Crippen LogP contribution in [0.3, 0.4) is 0 Å².